The minimum absolute atomic E-state index is 0.268. The van der Waals surface area contributed by atoms with E-state index in [2.05, 4.69) is 5.32 Å². The fourth-order valence-corrected chi connectivity index (χ4v) is 4.11. The van der Waals surface area contributed by atoms with Crippen LogP contribution in [0, 0.1) is 6.92 Å². The number of anilines is 1. The summed E-state index contributed by atoms with van der Waals surface area (Å²) in [7, 11) is 0. The van der Waals surface area contributed by atoms with Crippen LogP contribution < -0.4 is 10.1 Å². The van der Waals surface area contributed by atoms with Gasteiger partial charge in [0.2, 0.25) is 5.91 Å². The van der Waals surface area contributed by atoms with Gasteiger partial charge in [0, 0.05) is 5.69 Å². The van der Waals surface area contributed by atoms with Gasteiger partial charge in [-0.3, -0.25) is 19.3 Å². The quantitative estimate of drug-likeness (QED) is 0.490. The molecule has 0 saturated carbocycles. The third-order valence-corrected chi connectivity index (χ3v) is 5.91. The van der Waals surface area contributed by atoms with Crippen LogP contribution in [0.1, 0.15) is 16.7 Å². The molecule has 0 atom stereocenters. The monoisotopic (exact) mass is 458 g/mol. The number of hydrogen-bond acceptors (Lipinski definition) is 5. The summed E-state index contributed by atoms with van der Waals surface area (Å²) in [5, 5.41) is 2.28. The van der Waals surface area contributed by atoms with Gasteiger partial charge in [0.1, 0.15) is 18.9 Å². The normalized spacial score (nSPS) is 14.6. The molecular formula is C26H22N2O4S. The first-order valence-electron chi connectivity index (χ1n) is 10.4. The molecule has 33 heavy (non-hydrogen) atoms. The molecule has 3 amide bonds. The second-order valence-corrected chi connectivity index (χ2v) is 8.47. The summed E-state index contributed by atoms with van der Waals surface area (Å²) >= 11 is 0.822. The topological polar surface area (TPSA) is 75.7 Å². The predicted molar refractivity (Wildman–Crippen MR) is 130 cm³/mol. The van der Waals surface area contributed by atoms with Crippen molar-refractivity contribution in [2.45, 2.75) is 13.5 Å². The predicted octanol–water partition coefficient (Wildman–Crippen LogP) is 5.25. The minimum Gasteiger partial charge on any atom is -0.489 e. The number of carbonyl (C=O) groups excluding carboxylic acids is 3. The molecule has 3 aromatic rings. The molecule has 3 aromatic carbocycles. The first-order chi connectivity index (χ1) is 16.0. The van der Waals surface area contributed by atoms with Crippen molar-refractivity contribution in [3.63, 3.8) is 0 Å². The summed E-state index contributed by atoms with van der Waals surface area (Å²) in [6.07, 6.45) is 1.64. The second kappa shape index (κ2) is 10.2. The zero-order chi connectivity index (χ0) is 23.2. The lowest BCUT2D eigenvalue weighted by Crippen LogP contribution is -2.36. The first kappa shape index (κ1) is 22.4. The smallest absolute Gasteiger partial charge is 0.294 e. The highest BCUT2D eigenvalue weighted by molar-refractivity contribution is 8.18. The molecular weight excluding hydrogens is 436 g/mol. The van der Waals surface area contributed by atoms with Gasteiger partial charge < -0.3 is 10.1 Å². The third kappa shape index (κ3) is 5.70. The Balaban J connectivity index is 1.41. The summed E-state index contributed by atoms with van der Waals surface area (Å²) in [4.78, 5) is 38.8. The minimum atomic E-state index is -0.486. The molecule has 1 aliphatic rings. The molecule has 4 rings (SSSR count). The Morgan fingerprint density at radius 2 is 1.76 bits per heavy atom. The van der Waals surface area contributed by atoms with Crippen LogP contribution in [0.5, 0.6) is 5.75 Å². The highest BCUT2D eigenvalue weighted by atomic mass is 32.2. The van der Waals surface area contributed by atoms with E-state index in [1.807, 2.05) is 79.7 Å². The second-order valence-electron chi connectivity index (χ2n) is 7.48. The van der Waals surface area contributed by atoms with Crippen molar-refractivity contribution in [1.29, 1.82) is 0 Å². The Labute approximate surface area is 196 Å². The molecule has 166 valence electrons. The fraction of sp³-hybridized carbons (Fsp3) is 0.115. The number of carbonyl (C=O) groups is 3. The summed E-state index contributed by atoms with van der Waals surface area (Å²) in [6.45, 7) is 1.96. The van der Waals surface area contributed by atoms with Crippen LogP contribution in [0.3, 0.4) is 0 Å². The molecule has 6 nitrogen and oxygen atoms in total. The summed E-state index contributed by atoms with van der Waals surface area (Å²) in [5.41, 5.74) is 3.33. The van der Waals surface area contributed by atoms with Crippen LogP contribution in [0.15, 0.2) is 83.8 Å². The highest BCUT2D eigenvalue weighted by Crippen LogP contribution is 2.32. The number of nitrogens with one attached hydrogen (secondary N) is 1. The first-order valence-corrected chi connectivity index (χ1v) is 11.2. The van der Waals surface area contributed by atoms with Gasteiger partial charge in [0.25, 0.3) is 11.1 Å². The number of rotatable bonds is 7. The Kier molecular flexibility index (Phi) is 6.90. The Morgan fingerprint density at radius 3 is 2.55 bits per heavy atom. The standard InChI is InChI=1S/C26H22N2O4S/c1-18-8-5-6-13-22(18)27-24(29)16-28-25(30)23(33-26(28)31)15-20-11-7-12-21(14-20)32-17-19-9-3-2-4-10-19/h2-15H,16-17H2,1H3,(H,27,29)/b23-15+. The molecule has 1 N–H and O–H groups in total. The molecule has 0 bridgehead atoms. The van der Waals surface area contributed by atoms with Crippen molar-refractivity contribution < 1.29 is 19.1 Å². The van der Waals surface area contributed by atoms with Crippen LogP contribution in [-0.2, 0) is 16.2 Å². The van der Waals surface area contributed by atoms with Crippen LogP contribution >= 0.6 is 11.8 Å². The Morgan fingerprint density at radius 1 is 1.00 bits per heavy atom. The van der Waals surface area contributed by atoms with E-state index in [0.29, 0.717) is 18.0 Å². The SMILES string of the molecule is Cc1ccccc1NC(=O)CN1C(=O)S/C(=C/c2cccc(OCc3ccccc3)c2)C1=O. The van der Waals surface area contributed by atoms with Crippen molar-refractivity contribution in [3.8, 4) is 5.75 Å². The summed E-state index contributed by atoms with van der Waals surface area (Å²) in [5.74, 6) is -0.255. The van der Waals surface area contributed by atoms with E-state index in [1.54, 1.807) is 12.1 Å². The van der Waals surface area contributed by atoms with E-state index in [-0.39, 0.29) is 11.4 Å². The zero-order valence-electron chi connectivity index (χ0n) is 18.0. The van der Waals surface area contributed by atoms with Gasteiger partial charge in [-0.2, -0.15) is 0 Å². The molecule has 0 aliphatic carbocycles. The maximum Gasteiger partial charge on any atom is 0.294 e. The van der Waals surface area contributed by atoms with Crippen LogP contribution in [0.25, 0.3) is 6.08 Å². The van der Waals surface area contributed by atoms with Crippen molar-refractivity contribution in [3.05, 3.63) is 100 Å². The van der Waals surface area contributed by atoms with Gasteiger partial charge in [0.05, 0.1) is 4.91 Å². The molecule has 1 fully saturated rings. The van der Waals surface area contributed by atoms with Crippen molar-refractivity contribution >= 4 is 40.6 Å². The number of benzene rings is 3. The molecule has 7 heteroatoms. The van der Waals surface area contributed by atoms with E-state index < -0.39 is 17.1 Å². The van der Waals surface area contributed by atoms with Crippen LogP contribution in [0.4, 0.5) is 10.5 Å². The molecule has 1 aliphatic heterocycles. The number of aryl methyl sites for hydroxylation is 1. The van der Waals surface area contributed by atoms with E-state index >= 15 is 0 Å². The van der Waals surface area contributed by atoms with Crippen molar-refractivity contribution in [2.24, 2.45) is 0 Å². The highest BCUT2D eigenvalue weighted by Gasteiger charge is 2.36. The van der Waals surface area contributed by atoms with E-state index in [9.17, 15) is 14.4 Å². The van der Waals surface area contributed by atoms with Gasteiger partial charge in [0.15, 0.2) is 0 Å². The van der Waals surface area contributed by atoms with Crippen LogP contribution in [0.2, 0.25) is 0 Å². The average molecular weight is 459 g/mol. The Bertz CT molecular complexity index is 1220. The number of amides is 3. The van der Waals surface area contributed by atoms with Gasteiger partial charge in [-0.1, -0.05) is 60.7 Å². The average Bonchev–Trinajstić information content (AvgIpc) is 3.07. The number of imide groups is 1. The van der Waals surface area contributed by atoms with Gasteiger partial charge in [-0.25, -0.2) is 0 Å². The fourth-order valence-electron chi connectivity index (χ4n) is 3.27. The van der Waals surface area contributed by atoms with E-state index in [1.165, 1.54) is 0 Å². The molecule has 1 heterocycles. The van der Waals surface area contributed by atoms with Gasteiger partial charge in [-0.15, -0.1) is 0 Å². The third-order valence-electron chi connectivity index (χ3n) is 5.00. The maximum atomic E-state index is 12.8. The van der Waals surface area contributed by atoms with Gasteiger partial charge >= 0.3 is 0 Å². The molecule has 1 saturated heterocycles. The number of nitrogens with zero attached hydrogens (tertiary/aromatic N) is 1. The largest absolute Gasteiger partial charge is 0.489 e. The number of thioether (sulfide) groups is 1. The molecule has 0 unspecified atom stereocenters. The summed E-state index contributed by atoms with van der Waals surface area (Å²) in [6, 6.07) is 24.4. The summed E-state index contributed by atoms with van der Waals surface area (Å²) < 4.78 is 5.83. The lowest BCUT2D eigenvalue weighted by molar-refractivity contribution is -0.127. The Hall–Kier alpha value is -3.84. The number of ether oxygens (including phenoxy) is 1. The van der Waals surface area contributed by atoms with Crippen molar-refractivity contribution in [1.82, 2.24) is 4.90 Å². The lowest BCUT2D eigenvalue weighted by Gasteiger charge is -2.13. The van der Waals surface area contributed by atoms with Gasteiger partial charge in [-0.05, 0) is 59.7 Å². The van der Waals surface area contributed by atoms with E-state index in [4.69, 9.17) is 4.74 Å². The van der Waals surface area contributed by atoms with Crippen LogP contribution in [-0.4, -0.2) is 28.5 Å². The van der Waals surface area contributed by atoms with E-state index in [0.717, 1.165) is 33.4 Å². The maximum absolute atomic E-state index is 12.8. The molecule has 0 spiro atoms. The number of hydrogen-bond donors (Lipinski definition) is 1. The lowest BCUT2D eigenvalue weighted by atomic mass is 10.2. The molecule has 0 radical (unpaired) electrons. The molecule has 0 aromatic heterocycles. The zero-order valence-corrected chi connectivity index (χ0v) is 18.8. The van der Waals surface area contributed by atoms with Crippen molar-refractivity contribution in [2.75, 3.05) is 11.9 Å². The number of para-hydroxylation sites is 1.